The van der Waals surface area contributed by atoms with Gasteiger partial charge in [-0.25, -0.2) is 0 Å². The number of amides is 1. The molecule has 7 heteroatoms. The Balaban J connectivity index is 3.98. The Hall–Kier alpha value is -1.44. The van der Waals surface area contributed by atoms with E-state index in [0.717, 1.165) is 57.8 Å². The lowest BCUT2D eigenvalue weighted by Crippen LogP contribution is -2.46. The van der Waals surface area contributed by atoms with Gasteiger partial charge in [0.15, 0.2) is 0 Å². The Morgan fingerprint density at radius 2 is 0.978 bits per heavy atom. The van der Waals surface area contributed by atoms with Crippen LogP contribution >= 0.6 is 0 Å². The molecule has 0 aromatic heterocycles. The maximum atomic E-state index is 12.5. The molecule has 0 aliphatic rings. The van der Waals surface area contributed by atoms with E-state index in [0.29, 0.717) is 0 Å². The zero-order valence-electron chi connectivity index (χ0n) is 29.9. The van der Waals surface area contributed by atoms with E-state index in [-0.39, 0.29) is 12.3 Å². The molecule has 0 bridgehead atoms. The van der Waals surface area contributed by atoms with Crippen LogP contribution in [0.2, 0.25) is 0 Å². The fourth-order valence-electron chi connectivity index (χ4n) is 5.65. The minimum absolute atomic E-state index is 0.287. The van der Waals surface area contributed by atoms with Crippen molar-refractivity contribution in [1.29, 1.82) is 0 Å². The van der Waals surface area contributed by atoms with Gasteiger partial charge in [-0.15, -0.1) is 0 Å². The van der Waals surface area contributed by atoms with Gasteiger partial charge < -0.3 is 10.4 Å². The minimum Gasteiger partial charge on any atom is -0.387 e. The van der Waals surface area contributed by atoms with Crippen molar-refractivity contribution in [3.8, 4) is 0 Å². The van der Waals surface area contributed by atoms with Crippen molar-refractivity contribution in [2.24, 2.45) is 0 Å². The van der Waals surface area contributed by atoms with Gasteiger partial charge in [0.1, 0.15) is 0 Å². The molecule has 1 amide bonds. The normalized spacial score (nSPS) is 13.7. The molecule has 0 saturated heterocycles. The highest BCUT2D eigenvalue weighted by molar-refractivity contribution is 7.85. The predicted octanol–water partition coefficient (Wildman–Crippen LogP) is 11.0. The first-order valence-corrected chi connectivity index (χ1v) is 20.8. The Bertz CT molecular complexity index is 868. The van der Waals surface area contributed by atoms with Crippen LogP contribution in [-0.4, -0.2) is 41.9 Å². The molecule has 0 rings (SSSR count). The molecule has 6 nitrogen and oxygen atoms in total. The van der Waals surface area contributed by atoms with Crippen LogP contribution in [0.3, 0.4) is 0 Å². The topological polar surface area (TPSA) is 104 Å². The van der Waals surface area contributed by atoms with Gasteiger partial charge >= 0.3 is 0 Å². The summed E-state index contributed by atoms with van der Waals surface area (Å²) < 4.78 is 32.4. The molecule has 0 heterocycles. The van der Waals surface area contributed by atoms with Crippen LogP contribution in [0.15, 0.2) is 36.5 Å². The molecule has 0 saturated carbocycles. The summed E-state index contributed by atoms with van der Waals surface area (Å²) in [6, 6.07) is -1.06. The fourth-order valence-corrected chi connectivity index (χ4v) is 6.39. The molecule has 0 spiro atoms. The summed E-state index contributed by atoms with van der Waals surface area (Å²) >= 11 is 0. The Morgan fingerprint density at radius 3 is 1.46 bits per heavy atom. The molecule has 0 aliphatic carbocycles. The van der Waals surface area contributed by atoms with Crippen LogP contribution in [0.4, 0.5) is 0 Å². The van der Waals surface area contributed by atoms with Crippen LogP contribution < -0.4 is 5.32 Å². The summed E-state index contributed by atoms with van der Waals surface area (Å²) in [5.41, 5.74) is 0. The van der Waals surface area contributed by atoms with E-state index >= 15 is 0 Å². The summed E-state index contributed by atoms with van der Waals surface area (Å²) in [4.78, 5) is 12.5. The molecule has 2 unspecified atom stereocenters. The molecule has 0 aromatic carbocycles. The number of allylic oxidation sites excluding steroid dienone is 5. The second-order valence-corrected chi connectivity index (χ2v) is 14.7. The number of carbonyl (C=O) groups excluding carboxylic acids is 1. The number of rotatable bonds is 34. The lowest BCUT2D eigenvalue weighted by atomic mass is 10.0. The molecule has 46 heavy (non-hydrogen) atoms. The minimum atomic E-state index is -4.34. The zero-order chi connectivity index (χ0) is 34.0. The maximum absolute atomic E-state index is 12.5. The van der Waals surface area contributed by atoms with Crippen molar-refractivity contribution in [2.75, 3.05) is 5.75 Å². The van der Waals surface area contributed by atoms with E-state index in [1.54, 1.807) is 6.08 Å². The van der Waals surface area contributed by atoms with Gasteiger partial charge in [-0.05, 0) is 51.4 Å². The van der Waals surface area contributed by atoms with E-state index in [4.69, 9.17) is 0 Å². The number of hydrogen-bond acceptors (Lipinski definition) is 4. The average molecular weight is 668 g/mol. The second kappa shape index (κ2) is 33.5. The standard InChI is InChI=1S/C39H73NO5S/c1-3-5-7-9-11-13-15-17-19-20-21-23-25-27-29-31-33-35-39(42)40-37(36-46(43,44)45)38(41)34-32-30-28-26-24-22-18-16-14-12-10-8-6-4-2/h11,13,17,19,32,34,37-38,41H,3-10,12,14-16,18,20-31,33,35-36H2,1-2H3,(H,40,42)(H,43,44,45)/b13-11-,19-17-,34-32+. The molecule has 270 valence electrons. The molecular weight excluding hydrogens is 594 g/mol. The molecular formula is C39H73NO5S. The average Bonchev–Trinajstić information content (AvgIpc) is 3.01. The summed E-state index contributed by atoms with van der Waals surface area (Å²) in [6.07, 6.45) is 42.6. The van der Waals surface area contributed by atoms with E-state index in [9.17, 15) is 22.9 Å². The van der Waals surface area contributed by atoms with Crippen LogP contribution in [0.5, 0.6) is 0 Å². The number of carbonyl (C=O) groups is 1. The van der Waals surface area contributed by atoms with Crippen LogP contribution in [0.25, 0.3) is 0 Å². The van der Waals surface area contributed by atoms with Crippen molar-refractivity contribution in [2.45, 2.75) is 199 Å². The van der Waals surface area contributed by atoms with E-state index in [2.05, 4.69) is 43.5 Å². The monoisotopic (exact) mass is 668 g/mol. The summed E-state index contributed by atoms with van der Waals surface area (Å²) in [6.45, 7) is 4.48. The predicted molar refractivity (Wildman–Crippen MR) is 198 cm³/mol. The number of aliphatic hydroxyl groups excluding tert-OH is 1. The highest BCUT2D eigenvalue weighted by Gasteiger charge is 2.24. The molecule has 3 N–H and O–H groups in total. The zero-order valence-corrected chi connectivity index (χ0v) is 30.8. The summed E-state index contributed by atoms with van der Waals surface area (Å²) in [5, 5.41) is 13.2. The summed E-state index contributed by atoms with van der Waals surface area (Å²) in [7, 11) is -4.34. The largest absolute Gasteiger partial charge is 0.387 e. The van der Waals surface area contributed by atoms with Gasteiger partial charge in [0, 0.05) is 6.42 Å². The maximum Gasteiger partial charge on any atom is 0.267 e. The van der Waals surface area contributed by atoms with Gasteiger partial charge in [-0.3, -0.25) is 9.35 Å². The quantitative estimate of drug-likeness (QED) is 0.0360. The SMILES string of the molecule is CCCCC/C=C\C/C=C\CCCCCCCCCC(=O)NC(CS(=O)(=O)O)C(O)/C=C/CCCCCCCCCCCCCC. The van der Waals surface area contributed by atoms with Gasteiger partial charge in [-0.2, -0.15) is 8.42 Å². The third-order valence-electron chi connectivity index (χ3n) is 8.56. The van der Waals surface area contributed by atoms with Crippen molar-refractivity contribution in [3.63, 3.8) is 0 Å². The highest BCUT2D eigenvalue weighted by atomic mass is 32.2. The fraction of sp³-hybridized carbons (Fsp3) is 0.821. The van der Waals surface area contributed by atoms with Crippen molar-refractivity contribution in [1.82, 2.24) is 5.32 Å². The van der Waals surface area contributed by atoms with Crippen LogP contribution in [0, 0.1) is 0 Å². The third-order valence-corrected chi connectivity index (χ3v) is 9.34. The second-order valence-electron chi connectivity index (χ2n) is 13.2. The molecule has 0 radical (unpaired) electrons. The first-order chi connectivity index (χ1) is 22.3. The first-order valence-electron chi connectivity index (χ1n) is 19.2. The Labute approximate surface area is 285 Å². The summed E-state index contributed by atoms with van der Waals surface area (Å²) in [5.74, 6) is -0.988. The highest BCUT2D eigenvalue weighted by Crippen LogP contribution is 2.14. The number of aliphatic hydroxyl groups is 1. The molecule has 0 aliphatic heterocycles. The van der Waals surface area contributed by atoms with Gasteiger partial charge in [-0.1, -0.05) is 166 Å². The molecule has 0 fully saturated rings. The van der Waals surface area contributed by atoms with E-state index in [1.165, 1.54) is 109 Å². The van der Waals surface area contributed by atoms with Crippen molar-refractivity contribution >= 4 is 16.0 Å². The lowest BCUT2D eigenvalue weighted by molar-refractivity contribution is -0.122. The van der Waals surface area contributed by atoms with Crippen LogP contribution in [0.1, 0.15) is 187 Å². The lowest BCUT2D eigenvalue weighted by Gasteiger charge is -2.21. The Kier molecular flexibility index (Phi) is 32.4. The molecule has 0 aromatic rings. The smallest absolute Gasteiger partial charge is 0.267 e. The van der Waals surface area contributed by atoms with E-state index < -0.39 is 28.0 Å². The number of hydrogen-bond donors (Lipinski definition) is 3. The van der Waals surface area contributed by atoms with Crippen LogP contribution in [-0.2, 0) is 14.9 Å². The van der Waals surface area contributed by atoms with Gasteiger partial charge in [0.25, 0.3) is 10.1 Å². The number of nitrogens with one attached hydrogen (secondary N) is 1. The van der Waals surface area contributed by atoms with Crippen molar-refractivity contribution in [3.05, 3.63) is 36.5 Å². The first kappa shape index (κ1) is 44.6. The Morgan fingerprint density at radius 1 is 0.587 bits per heavy atom. The van der Waals surface area contributed by atoms with Gasteiger partial charge in [0.2, 0.25) is 5.91 Å². The third kappa shape index (κ3) is 33.9. The van der Waals surface area contributed by atoms with Crippen molar-refractivity contribution < 1.29 is 22.9 Å². The molecule has 2 atom stereocenters. The van der Waals surface area contributed by atoms with E-state index in [1.807, 2.05) is 6.08 Å². The van der Waals surface area contributed by atoms with Gasteiger partial charge in [0.05, 0.1) is 17.9 Å². The number of unbranched alkanes of at least 4 members (excludes halogenated alkanes) is 22.